The summed E-state index contributed by atoms with van der Waals surface area (Å²) >= 11 is 4.90. The molecule has 0 aliphatic heterocycles. The van der Waals surface area contributed by atoms with E-state index in [0.717, 1.165) is 33.7 Å². The summed E-state index contributed by atoms with van der Waals surface area (Å²) in [6.45, 7) is 7.50. The molecule has 5 heteroatoms. The molecule has 3 nitrogen and oxygen atoms in total. The average Bonchev–Trinajstić information content (AvgIpc) is 2.63. The van der Waals surface area contributed by atoms with Crippen LogP contribution >= 0.6 is 27.3 Å². The highest BCUT2D eigenvalue weighted by Crippen LogP contribution is 2.27. The van der Waals surface area contributed by atoms with Crippen LogP contribution in [0.2, 0.25) is 0 Å². The first-order valence-electron chi connectivity index (χ1n) is 6.16. The Kier molecular flexibility index (Phi) is 6.89. The van der Waals surface area contributed by atoms with Crippen LogP contribution in [0.5, 0.6) is 0 Å². The van der Waals surface area contributed by atoms with Gasteiger partial charge in [-0.3, -0.25) is 4.79 Å². The molecule has 1 rings (SSSR count). The Morgan fingerprint density at radius 3 is 2.78 bits per heavy atom. The van der Waals surface area contributed by atoms with Gasteiger partial charge in [0.15, 0.2) is 0 Å². The topological polar surface area (TPSA) is 38.3 Å². The van der Waals surface area contributed by atoms with Crippen molar-refractivity contribution in [1.82, 2.24) is 5.32 Å². The van der Waals surface area contributed by atoms with Crippen LogP contribution in [0.25, 0.3) is 0 Å². The zero-order chi connectivity index (χ0) is 13.5. The quantitative estimate of drug-likeness (QED) is 0.771. The van der Waals surface area contributed by atoms with Crippen LogP contribution in [-0.4, -0.2) is 25.2 Å². The first-order chi connectivity index (χ1) is 8.50. The Balaban J connectivity index is 2.18. The number of aryl methyl sites for hydroxylation is 1. The van der Waals surface area contributed by atoms with Crippen molar-refractivity contribution < 1.29 is 9.53 Å². The average molecular weight is 334 g/mol. The minimum Gasteiger partial charge on any atom is -0.379 e. The van der Waals surface area contributed by atoms with Gasteiger partial charge < -0.3 is 10.1 Å². The van der Waals surface area contributed by atoms with Gasteiger partial charge in [0.1, 0.15) is 0 Å². The summed E-state index contributed by atoms with van der Waals surface area (Å²) in [6, 6.07) is 1.91. The fourth-order valence-electron chi connectivity index (χ4n) is 1.41. The SMILES string of the molecule is Cc1cc(C(=O)NCCCCOC(C)C)sc1Br. The minimum absolute atomic E-state index is 0.0126. The lowest BCUT2D eigenvalue weighted by molar-refractivity contribution is 0.0754. The Morgan fingerprint density at radius 2 is 2.22 bits per heavy atom. The van der Waals surface area contributed by atoms with Gasteiger partial charge in [-0.05, 0) is 61.2 Å². The largest absolute Gasteiger partial charge is 0.379 e. The number of carbonyl (C=O) groups excluding carboxylic acids is 1. The summed E-state index contributed by atoms with van der Waals surface area (Å²) in [5.41, 5.74) is 1.11. The molecule has 1 heterocycles. The predicted octanol–water partition coefficient (Wildman–Crippen LogP) is 3.75. The molecule has 1 aromatic heterocycles. The van der Waals surface area contributed by atoms with Gasteiger partial charge in [0, 0.05) is 13.2 Å². The lowest BCUT2D eigenvalue weighted by Gasteiger charge is -2.07. The molecular weight excluding hydrogens is 314 g/mol. The summed E-state index contributed by atoms with van der Waals surface area (Å²) in [5, 5.41) is 2.92. The Labute approximate surface area is 121 Å². The van der Waals surface area contributed by atoms with Gasteiger partial charge >= 0.3 is 0 Å². The van der Waals surface area contributed by atoms with Gasteiger partial charge in [-0.25, -0.2) is 0 Å². The maximum absolute atomic E-state index is 11.8. The number of ether oxygens (including phenoxy) is 1. The van der Waals surface area contributed by atoms with Crippen LogP contribution in [0.4, 0.5) is 0 Å². The van der Waals surface area contributed by atoms with Gasteiger partial charge in [-0.2, -0.15) is 0 Å². The van der Waals surface area contributed by atoms with E-state index in [1.165, 1.54) is 11.3 Å². The smallest absolute Gasteiger partial charge is 0.261 e. The van der Waals surface area contributed by atoms with E-state index >= 15 is 0 Å². The second kappa shape index (κ2) is 7.92. The molecule has 0 bridgehead atoms. The minimum atomic E-state index is 0.0126. The second-order valence-corrected chi connectivity index (χ2v) is 6.82. The number of thiophene rings is 1. The Morgan fingerprint density at radius 1 is 1.50 bits per heavy atom. The van der Waals surface area contributed by atoms with E-state index in [9.17, 15) is 4.79 Å². The molecule has 0 aliphatic rings. The molecule has 102 valence electrons. The standard InChI is InChI=1S/C13H20BrNO2S/c1-9(2)17-7-5-4-6-15-13(16)11-8-10(3)12(14)18-11/h8-9H,4-7H2,1-3H3,(H,15,16). The zero-order valence-electron chi connectivity index (χ0n) is 11.1. The van der Waals surface area contributed by atoms with Crippen LogP contribution < -0.4 is 5.32 Å². The van der Waals surface area contributed by atoms with Gasteiger partial charge in [0.25, 0.3) is 5.91 Å². The third-order valence-corrected chi connectivity index (χ3v) is 4.52. The molecule has 0 atom stereocenters. The van der Waals surface area contributed by atoms with Crippen molar-refractivity contribution in [2.45, 2.75) is 39.7 Å². The molecule has 0 saturated carbocycles. The van der Waals surface area contributed by atoms with E-state index in [1.54, 1.807) is 0 Å². The summed E-state index contributed by atoms with van der Waals surface area (Å²) in [4.78, 5) is 12.6. The van der Waals surface area contributed by atoms with Gasteiger partial charge in [0.2, 0.25) is 0 Å². The van der Waals surface area contributed by atoms with E-state index in [1.807, 2.05) is 26.8 Å². The van der Waals surface area contributed by atoms with Crippen LogP contribution in [0, 0.1) is 6.92 Å². The number of rotatable bonds is 7. The van der Waals surface area contributed by atoms with Crippen molar-refractivity contribution in [3.8, 4) is 0 Å². The predicted molar refractivity (Wildman–Crippen MR) is 79.4 cm³/mol. The van der Waals surface area contributed by atoms with Crippen molar-refractivity contribution in [1.29, 1.82) is 0 Å². The number of halogens is 1. The maximum Gasteiger partial charge on any atom is 0.261 e. The van der Waals surface area contributed by atoms with Gasteiger partial charge in [-0.15, -0.1) is 11.3 Å². The van der Waals surface area contributed by atoms with Crippen molar-refractivity contribution in [2.75, 3.05) is 13.2 Å². The highest BCUT2D eigenvalue weighted by atomic mass is 79.9. The molecule has 0 unspecified atom stereocenters. The highest BCUT2D eigenvalue weighted by molar-refractivity contribution is 9.11. The molecule has 1 aromatic rings. The Hall–Kier alpha value is -0.390. The fraction of sp³-hybridized carbons (Fsp3) is 0.615. The molecule has 0 radical (unpaired) electrons. The first-order valence-corrected chi connectivity index (χ1v) is 7.77. The molecular formula is C13H20BrNO2S. The van der Waals surface area contributed by atoms with E-state index in [4.69, 9.17) is 4.74 Å². The molecule has 0 aliphatic carbocycles. The van der Waals surface area contributed by atoms with Crippen molar-refractivity contribution in [3.05, 3.63) is 20.3 Å². The van der Waals surface area contributed by atoms with E-state index in [2.05, 4.69) is 21.2 Å². The lowest BCUT2D eigenvalue weighted by Crippen LogP contribution is -2.23. The van der Waals surface area contributed by atoms with E-state index < -0.39 is 0 Å². The first kappa shape index (κ1) is 15.7. The molecule has 0 saturated heterocycles. The fourth-order valence-corrected chi connectivity index (χ4v) is 2.86. The normalized spacial score (nSPS) is 10.9. The van der Waals surface area contributed by atoms with Crippen LogP contribution in [-0.2, 0) is 4.74 Å². The monoisotopic (exact) mass is 333 g/mol. The summed E-state index contributed by atoms with van der Waals surface area (Å²) < 4.78 is 6.46. The molecule has 1 amide bonds. The number of amides is 1. The van der Waals surface area contributed by atoms with Crippen molar-refractivity contribution >= 4 is 33.2 Å². The highest BCUT2D eigenvalue weighted by Gasteiger charge is 2.10. The lowest BCUT2D eigenvalue weighted by atomic mass is 10.3. The molecule has 1 N–H and O–H groups in total. The number of nitrogens with one attached hydrogen (secondary N) is 1. The number of hydrogen-bond acceptors (Lipinski definition) is 3. The summed E-state index contributed by atoms with van der Waals surface area (Å²) in [6.07, 6.45) is 2.21. The van der Waals surface area contributed by atoms with Gasteiger partial charge in [0.05, 0.1) is 14.8 Å². The maximum atomic E-state index is 11.8. The third-order valence-electron chi connectivity index (χ3n) is 2.39. The second-order valence-electron chi connectivity index (χ2n) is 4.45. The molecule has 18 heavy (non-hydrogen) atoms. The summed E-state index contributed by atoms with van der Waals surface area (Å²) in [5.74, 6) is 0.0126. The Bertz CT molecular complexity index is 371. The number of unbranched alkanes of at least 4 members (excludes halogenated alkanes) is 1. The van der Waals surface area contributed by atoms with Crippen molar-refractivity contribution in [3.63, 3.8) is 0 Å². The van der Waals surface area contributed by atoms with Crippen molar-refractivity contribution in [2.24, 2.45) is 0 Å². The zero-order valence-corrected chi connectivity index (χ0v) is 13.5. The third kappa shape index (κ3) is 5.50. The molecule has 0 aromatic carbocycles. The molecule has 0 spiro atoms. The van der Waals surface area contributed by atoms with Crippen LogP contribution in [0.15, 0.2) is 9.85 Å². The van der Waals surface area contributed by atoms with E-state index in [-0.39, 0.29) is 12.0 Å². The molecule has 0 fully saturated rings. The van der Waals surface area contributed by atoms with Crippen LogP contribution in [0.3, 0.4) is 0 Å². The van der Waals surface area contributed by atoms with Crippen LogP contribution in [0.1, 0.15) is 41.9 Å². The van der Waals surface area contributed by atoms with E-state index in [0.29, 0.717) is 6.54 Å². The number of carbonyl (C=O) groups is 1. The van der Waals surface area contributed by atoms with Gasteiger partial charge in [-0.1, -0.05) is 0 Å². The number of hydrogen-bond donors (Lipinski definition) is 1. The summed E-state index contributed by atoms with van der Waals surface area (Å²) in [7, 11) is 0.